The molecule has 0 aromatic heterocycles. The van der Waals surface area contributed by atoms with Gasteiger partial charge in [-0.25, -0.2) is 0 Å². The maximum atomic E-state index is 13.1. The summed E-state index contributed by atoms with van der Waals surface area (Å²) in [6, 6.07) is 0.340. The molecule has 3 nitrogen and oxygen atoms in total. The Morgan fingerprint density at radius 1 is 0.857 bits per heavy atom. The Kier molecular flexibility index (Phi) is 9.57. The van der Waals surface area contributed by atoms with Crippen LogP contribution in [-0.2, 0) is 13.3 Å². The van der Waals surface area contributed by atoms with Crippen molar-refractivity contribution < 1.29 is 30.8 Å². The summed E-state index contributed by atoms with van der Waals surface area (Å²) in [5.41, 5.74) is 0. The fourth-order valence-corrected chi connectivity index (χ4v) is 4.72. The van der Waals surface area contributed by atoms with Gasteiger partial charge in [0.15, 0.2) is 0 Å². The predicted molar refractivity (Wildman–Crippen MR) is 78.1 cm³/mol. The van der Waals surface area contributed by atoms with Crippen LogP contribution in [0.4, 0.5) is 17.6 Å². The molecule has 0 saturated heterocycles. The van der Waals surface area contributed by atoms with Crippen LogP contribution < -0.4 is 0 Å². The minimum absolute atomic E-state index is 0.0594. The van der Waals surface area contributed by atoms with Crippen molar-refractivity contribution in [3.63, 3.8) is 0 Å². The SMILES string of the molecule is CCO[Si](CCCCC(F)(F)C(F)(F)Br)(OCC)OCC. The molecule has 0 amide bonds. The number of alkyl halides is 5. The molecule has 0 bridgehead atoms. The average Bonchev–Trinajstić information content (AvgIpc) is 2.34. The fraction of sp³-hybridized carbons (Fsp3) is 1.00. The molecule has 0 spiro atoms. The van der Waals surface area contributed by atoms with Crippen LogP contribution in [-0.4, -0.2) is 39.4 Å². The molecule has 0 N–H and O–H groups in total. The van der Waals surface area contributed by atoms with Gasteiger partial charge in [-0.2, -0.15) is 17.6 Å². The molecule has 0 rings (SSSR count). The van der Waals surface area contributed by atoms with Crippen LogP contribution in [0, 0.1) is 0 Å². The molecule has 0 radical (unpaired) electrons. The Bertz CT molecular complexity index is 273. The van der Waals surface area contributed by atoms with E-state index in [4.69, 9.17) is 13.3 Å². The lowest BCUT2D eigenvalue weighted by atomic mass is 10.1. The molecule has 21 heavy (non-hydrogen) atoms. The molecule has 0 aliphatic carbocycles. The second-order valence-corrected chi connectivity index (χ2v) is 8.12. The Morgan fingerprint density at radius 2 is 1.29 bits per heavy atom. The van der Waals surface area contributed by atoms with E-state index in [1.807, 2.05) is 0 Å². The highest BCUT2D eigenvalue weighted by Crippen LogP contribution is 2.42. The minimum atomic E-state index is -4.19. The molecule has 0 aliphatic rings. The van der Waals surface area contributed by atoms with E-state index in [-0.39, 0.29) is 12.8 Å². The van der Waals surface area contributed by atoms with Gasteiger partial charge in [-0.1, -0.05) is 0 Å². The highest BCUT2D eigenvalue weighted by Gasteiger charge is 2.53. The van der Waals surface area contributed by atoms with Crippen molar-refractivity contribution in [2.75, 3.05) is 19.8 Å². The van der Waals surface area contributed by atoms with Crippen LogP contribution in [0.5, 0.6) is 0 Å². The van der Waals surface area contributed by atoms with Crippen molar-refractivity contribution in [1.29, 1.82) is 0 Å². The van der Waals surface area contributed by atoms with Crippen LogP contribution >= 0.6 is 15.9 Å². The standard InChI is InChI=1S/C12H23BrF4O3Si/c1-4-18-21(19-5-2,20-6-3)10-8-7-9-11(14,15)12(13,16)17/h4-10H2,1-3H3. The van der Waals surface area contributed by atoms with Crippen molar-refractivity contribution in [3.05, 3.63) is 0 Å². The lowest BCUT2D eigenvalue weighted by Gasteiger charge is -2.28. The van der Waals surface area contributed by atoms with Gasteiger partial charge in [0.05, 0.1) is 0 Å². The first-order valence-electron chi connectivity index (χ1n) is 7.00. The zero-order valence-electron chi connectivity index (χ0n) is 12.6. The molecule has 9 heteroatoms. The van der Waals surface area contributed by atoms with Crippen molar-refractivity contribution in [3.8, 4) is 0 Å². The van der Waals surface area contributed by atoms with Gasteiger partial charge < -0.3 is 13.3 Å². The third-order valence-corrected chi connectivity index (χ3v) is 6.46. The molecular weight excluding hydrogens is 376 g/mol. The fourth-order valence-electron chi connectivity index (χ4n) is 1.83. The Morgan fingerprint density at radius 3 is 1.62 bits per heavy atom. The summed E-state index contributed by atoms with van der Waals surface area (Å²) in [5.74, 6) is -4.07. The van der Waals surface area contributed by atoms with E-state index in [0.717, 1.165) is 0 Å². The first-order valence-corrected chi connectivity index (χ1v) is 9.73. The molecule has 0 saturated carbocycles. The van der Waals surface area contributed by atoms with Crippen LogP contribution in [0.3, 0.4) is 0 Å². The van der Waals surface area contributed by atoms with Crippen molar-refractivity contribution >= 4 is 24.7 Å². The van der Waals surface area contributed by atoms with Gasteiger partial charge in [0.25, 0.3) is 0 Å². The lowest BCUT2D eigenvalue weighted by molar-refractivity contribution is -0.151. The van der Waals surface area contributed by atoms with E-state index in [0.29, 0.717) is 25.9 Å². The minimum Gasteiger partial charge on any atom is -0.374 e. The number of unbranched alkanes of at least 4 members (excludes halogenated alkanes) is 1. The summed E-state index contributed by atoms with van der Waals surface area (Å²) < 4.78 is 68.2. The topological polar surface area (TPSA) is 27.7 Å². The highest BCUT2D eigenvalue weighted by atomic mass is 79.9. The van der Waals surface area contributed by atoms with Gasteiger partial charge in [-0.05, 0) is 49.5 Å². The van der Waals surface area contributed by atoms with Crippen LogP contribution in [0.2, 0.25) is 6.04 Å². The van der Waals surface area contributed by atoms with E-state index in [1.165, 1.54) is 0 Å². The first kappa shape index (κ1) is 21.3. The predicted octanol–water partition coefficient (Wildman–Crippen LogP) is 4.83. The smallest absolute Gasteiger partial charge is 0.374 e. The van der Waals surface area contributed by atoms with E-state index >= 15 is 0 Å². The van der Waals surface area contributed by atoms with Gasteiger partial charge in [0, 0.05) is 32.3 Å². The largest absolute Gasteiger partial charge is 0.500 e. The summed E-state index contributed by atoms with van der Waals surface area (Å²) >= 11 is 1.72. The number of halogens is 5. The molecular formula is C12H23BrF4O3Si. The van der Waals surface area contributed by atoms with E-state index < -0.39 is 26.0 Å². The Hall–Kier alpha value is 0.297. The zero-order chi connectivity index (χ0) is 16.6. The van der Waals surface area contributed by atoms with E-state index in [9.17, 15) is 17.6 Å². The van der Waals surface area contributed by atoms with Gasteiger partial charge in [0.1, 0.15) is 0 Å². The van der Waals surface area contributed by atoms with Crippen LogP contribution in [0.1, 0.15) is 40.0 Å². The number of hydrogen-bond donors (Lipinski definition) is 0. The summed E-state index contributed by atoms with van der Waals surface area (Å²) in [5, 5.41) is 0. The first-order chi connectivity index (χ1) is 9.64. The highest BCUT2D eigenvalue weighted by molar-refractivity contribution is 9.10. The maximum Gasteiger partial charge on any atom is 0.500 e. The van der Waals surface area contributed by atoms with Crippen LogP contribution in [0.25, 0.3) is 0 Å². The summed E-state index contributed by atoms with van der Waals surface area (Å²) in [7, 11) is -2.88. The summed E-state index contributed by atoms with van der Waals surface area (Å²) in [4.78, 5) is -4.19. The van der Waals surface area contributed by atoms with Gasteiger partial charge in [-0.3, -0.25) is 0 Å². The molecule has 128 valence electrons. The number of hydrogen-bond acceptors (Lipinski definition) is 3. The molecule has 0 fully saturated rings. The monoisotopic (exact) mass is 398 g/mol. The second kappa shape index (κ2) is 9.44. The van der Waals surface area contributed by atoms with Crippen molar-refractivity contribution in [1.82, 2.24) is 0 Å². The molecule has 0 aromatic rings. The van der Waals surface area contributed by atoms with Crippen LogP contribution in [0.15, 0.2) is 0 Å². The lowest BCUT2D eigenvalue weighted by Crippen LogP contribution is -2.46. The quantitative estimate of drug-likeness (QED) is 0.204. The Balaban J connectivity index is 4.43. The summed E-state index contributed by atoms with van der Waals surface area (Å²) in [6.45, 7) is 6.55. The molecule has 0 aliphatic heterocycles. The summed E-state index contributed by atoms with van der Waals surface area (Å²) in [6.07, 6.45) is -0.679. The molecule has 0 atom stereocenters. The van der Waals surface area contributed by atoms with E-state index in [2.05, 4.69) is 0 Å². The molecule has 0 aromatic carbocycles. The second-order valence-electron chi connectivity index (χ2n) is 4.39. The Labute approximate surface area is 132 Å². The van der Waals surface area contributed by atoms with E-state index in [1.54, 1.807) is 36.7 Å². The molecule has 0 heterocycles. The zero-order valence-corrected chi connectivity index (χ0v) is 15.2. The van der Waals surface area contributed by atoms with Gasteiger partial charge >= 0.3 is 19.6 Å². The maximum absolute atomic E-state index is 13.1. The van der Waals surface area contributed by atoms with Crippen molar-refractivity contribution in [2.45, 2.75) is 56.8 Å². The van der Waals surface area contributed by atoms with Crippen molar-refractivity contribution in [2.24, 2.45) is 0 Å². The third-order valence-electron chi connectivity index (χ3n) is 2.73. The van der Waals surface area contributed by atoms with Gasteiger partial charge in [0.2, 0.25) is 0 Å². The average molecular weight is 399 g/mol. The number of rotatable bonds is 12. The molecule has 0 unspecified atom stereocenters. The third kappa shape index (κ3) is 7.40. The normalized spacial score (nSPS) is 13.7. The van der Waals surface area contributed by atoms with Gasteiger partial charge in [-0.15, -0.1) is 0 Å².